The van der Waals surface area contributed by atoms with Gasteiger partial charge in [-0.2, -0.15) is 0 Å². The van der Waals surface area contributed by atoms with Crippen LogP contribution in [-0.4, -0.2) is 53.3 Å². The van der Waals surface area contributed by atoms with Crippen LogP contribution in [0, 0.1) is 0 Å². The Morgan fingerprint density at radius 1 is 1.19 bits per heavy atom. The predicted octanol–water partition coefficient (Wildman–Crippen LogP) is 0.905. The zero-order valence-corrected chi connectivity index (χ0v) is 16.8. The summed E-state index contributed by atoms with van der Waals surface area (Å²) in [6.45, 7) is 2.33. The molecule has 0 saturated heterocycles. The number of nitrogens with zero attached hydrogens (tertiary/aromatic N) is 4. The van der Waals surface area contributed by atoms with Crippen LogP contribution in [0.4, 0.5) is 5.82 Å². The lowest BCUT2D eigenvalue weighted by atomic mass is 10.4. The maximum absolute atomic E-state index is 11.8. The molecule has 0 spiro atoms. The molecule has 2 aromatic heterocycles. The SMILES string of the molecule is C[C@H](Cn1cnc2c(N)ncnc21)OCP(=O)(O)OP(=O)(O)OP(C)(=O)O. The van der Waals surface area contributed by atoms with Gasteiger partial charge < -0.3 is 29.7 Å². The topological polar surface area (TPSA) is 209 Å². The average Bonchev–Trinajstić information content (AvgIpc) is 2.86. The summed E-state index contributed by atoms with van der Waals surface area (Å²) in [7, 11) is -14.4. The van der Waals surface area contributed by atoms with E-state index in [0.717, 1.165) is 0 Å². The first-order valence-corrected chi connectivity index (χ1v) is 12.5. The van der Waals surface area contributed by atoms with Crippen molar-refractivity contribution in [3.8, 4) is 0 Å². The van der Waals surface area contributed by atoms with Crippen LogP contribution in [0.25, 0.3) is 11.2 Å². The Kier molecular flexibility index (Phi) is 6.58. The van der Waals surface area contributed by atoms with E-state index in [2.05, 4.69) is 23.6 Å². The summed E-state index contributed by atoms with van der Waals surface area (Å²) >= 11 is 0. The molecule has 2 heterocycles. The number of hydrogen-bond donors (Lipinski definition) is 4. The molecule has 27 heavy (non-hydrogen) atoms. The van der Waals surface area contributed by atoms with Gasteiger partial charge >= 0.3 is 23.0 Å². The van der Waals surface area contributed by atoms with Crippen molar-refractivity contribution < 1.29 is 41.7 Å². The molecule has 0 fully saturated rings. The van der Waals surface area contributed by atoms with Gasteiger partial charge in [0.1, 0.15) is 18.2 Å². The van der Waals surface area contributed by atoms with Crippen molar-refractivity contribution >= 4 is 40.0 Å². The molecule has 0 amide bonds. The summed E-state index contributed by atoms with van der Waals surface area (Å²) in [5, 5.41) is 0. The molecular weight excluding hydrogens is 427 g/mol. The summed E-state index contributed by atoms with van der Waals surface area (Å²) in [5.41, 5.74) is 6.48. The molecule has 0 aliphatic carbocycles. The summed E-state index contributed by atoms with van der Waals surface area (Å²) in [6, 6.07) is 0. The number of phosphoric acid groups is 1. The zero-order chi connectivity index (χ0) is 20.5. The Balaban J connectivity index is 1.96. The number of imidazole rings is 1. The van der Waals surface area contributed by atoms with Crippen molar-refractivity contribution in [2.45, 2.75) is 19.6 Å². The molecule has 0 radical (unpaired) electrons. The largest absolute Gasteiger partial charge is 0.486 e. The van der Waals surface area contributed by atoms with Gasteiger partial charge in [0, 0.05) is 6.66 Å². The molecule has 0 aliphatic rings. The Bertz CT molecular complexity index is 959. The summed E-state index contributed by atoms with van der Waals surface area (Å²) in [4.78, 5) is 39.7. The molecule has 14 nitrogen and oxygen atoms in total. The fraction of sp³-hybridized carbons (Fsp3) is 0.500. The third-order valence-electron chi connectivity index (χ3n) is 2.89. The van der Waals surface area contributed by atoms with Gasteiger partial charge in [0.2, 0.25) is 0 Å². The first kappa shape index (κ1) is 22.1. The fourth-order valence-electron chi connectivity index (χ4n) is 1.97. The standard InChI is InChI=1S/C10H18N5O9P3/c1-7(3-15-5-14-8-9(11)12-4-13-10(8)15)22-6-26(18,19)24-27(20,21)23-25(2,16)17/h4-5,7H,3,6H2,1-2H3,(H,16,17)(H,18,19)(H,20,21)(H2,11,12,13)/t7-/m1/s1. The summed E-state index contributed by atoms with van der Waals surface area (Å²) in [6.07, 6.45) is 1.05. The lowest BCUT2D eigenvalue weighted by Gasteiger charge is -2.19. The molecule has 2 rings (SSSR count). The van der Waals surface area contributed by atoms with Crippen LogP contribution < -0.4 is 5.73 Å². The van der Waals surface area contributed by atoms with Crippen molar-refractivity contribution in [2.75, 3.05) is 18.7 Å². The second-order valence-electron chi connectivity index (χ2n) is 5.51. The van der Waals surface area contributed by atoms with E-state index in [0.29, 0.717) is 17.8 Å². The number of fused-ring (bicyclic) bond motifs is 1. The van der Waals surface area contributed by atoms with Gasteiger partial charge in [0.15, 0.2) is 11.5 Å². The number of nitrogens with two attached hydrogens (primary N) is 1. The first-order valence-electron chi connectivity index (χ1n) is 7.18. The van der Waals surface area contributed by atoms with E-state index in [-0.39, 0.29) is 12.4 Å². The van der Waals surface area contributed by atoms with E-state index in [4.69, 9.17) is 15.4 Å². The van der Waals surface area contributed by atoms with Crippen molar-refractivity contribution in [1.29, 1.82) is 0 Å². The minimum absolute atomic E-state index is 0.154. The maximum Gasteiger partial charge on any atom is 0.486 e. The molecule has 17 heteroatoms. The van der Waals surface area contributed by atoms with Crippen LogP contribution >= 0.6 is 23.0 Å². The molecule has 152 valence electrons. The number of anilines is 1. The number of rotatable bonds is 9. The highest BCUT2D eigenvalue weighted by Crippen LogP contribution is 2.66. The average molecular weight is 445 g/mol. The Hall–Kier alpha value is -1.20. The summed E-state index contributed by atoms with van der Waals surface area (Å²) in [5.74, 6) is 0.191. The van der Waals surface area contributed by atoms with Crippen molar-refractivity contribution in [3.05, 3.63) is 12.7 Å². The lowest BCUT2D eigenvalue weighted by molar-refractivity contribution is 0.0759. The number of nitrogen functional groups attached to an aromatic ring is 1. The fourth-order valence-corrected chi connectivity index (χ4v) is 5.82. The quantitative estimate of drug-likeness (QED) is 0.396. The highest BCUT2D eigenvalue weighted by Gasteiger charge is 2.38. The minimum Gasteiger partial charge on any atom is -0.382 e. The molecule has 2 aromatic rings. The van der Waals surface area contributed by atoms with Crippen molar-refractivity contribution in [3.63, 3.8) is 0 Å². The van der Waals surface area contributed by atoms with Gasteiger partial charge in [-0.1, -0.05) is 0 Å². The van der Waals surface area contributed by atoms with Gasteiger partial charge in [-0.05, 0) is 6.92 Å². The molecule has 0 bridgehead atoms. The maximum atomic E-state index is 11.8. The minimum atomic E-state index is -5.24. The Morgan fingerprint density at radius 3 is 2.48 bits per heavy atom. The van der Waals surface area contributed by atoms with Gasteiger partial charge in [0.25, 0.3) is 0 Å². The molecule has 0 saturated carbocycles. The third kappa shape index (κ3) is 6.72. The smallest absolute Gasteiger partial charge is 0.382 e. The van der Waals surface area contributed by atoms with Gasteiger partial charge in [0.05, 0.1) is 19.0 Å². The highest BCUT2D eigenvalue weighted by molar-refractivity contribution is 7.69. The summed E-state index contributed by atoms with van der Waals surface area (Å²) < 4.78 is 49.0. The number of ether oxygens (including phenoxy) is 1. The van der Waals surface area contributed by atoms with Crippen LogP contribution in [0.1, 0.15) is 6.92 Å². The third-order valence-corrected chi connectivity index (χ3v) is 7.25. The second kappa shape index (κ2) is 8.04. The molecule has 0 aromatic carbocycles. The normalized spacial score (nSPS) is 19.9. The molecule has 3 unspecified atom stereocenters. The monoisotopic (exact) mass is 445 g/mol. The molecule has 5 N–H and O–H groups in total. The molecule has 0 aliphatic heterocycles. The predicted molar refractivity (Wildman–Crippen MR) is 92.7 cm³/mol. The Labute approximate surface area is 153 Å². The van der Waals surface area contributed by atoms with Gasteiger partial charge in [-0.3, -0.25) is 9.13 Å². The first-order chi connectivity index (χ1) is 12.3. The van der Waals surface area contributed by atoms with E-state index in [1.807, 2.05) is 0 Å². The second-order valence-corrected chi connectivity index (χ2v) is 10.9. The van der Waals surface area contributed by atoms with Crippen molar-refractivity contribution in [2.24, 2.45) is 0 Å². The van der Waals surface area contributed by atoms with Gasteiger partial charge in [-0.15, -0.1) is 0 Å². The van der Waals surface area contributed by atoms with Crippen LogP contribution in [0.15, 0.2) is 12.7 Å². The van der Waals surface area contributed by atoms with Crippen molar-refractivity contribution in [1.82, 2.24) is 19.5 Å². The van der Waals surface area contributed by atoms with Crippen LogP contribution in [0.5, 0.6) is 0 Å². The van der Waals surface area contributed by atoms with E-state index in [1.165, 1.54) is 12.7 Å². The Morgan fingerprint density at radius 2 is 1.85 bits per heavy atom. The van der Waals surface area contributed by atoms with Crippen LogP contribution in [0.2, 0.25) is 0 Å². The van der Waals surface area contributed by atoms with E-state index in [1.54, 1.807) is 11.5 Å². The molecular formula is C10H18N5O9P3. The van der Waals surface area contributed by atoms with E-state index in [9.17, 15) is 23.5 Å². The molecule has 4 atom stereocenters. The van der Waals surface area contributed by atoms with E-state index >= 15 is 0 Å². The zero-order valence-electron chi connectivity index (χ0n) is 14.1. The highest BCUT2D eigenvalue weighted by atomic mass is 31.3. The van der Waals surface area contributed by atoms with Crippen LogP contribution in [-0.2, 0) is 33.6 Å². The van der Waals surface area contributed by atoms with Gasteiger partial charge in [-0.25, -0.2) is 28.1 Å². The number of aromatic nitrogens is 4. The van der Waals surface area contributed by atoms with E-state index < -0.39 is 35.5 Å². The van der Waals surface area contributed by atoms with Crippen LogP contribution in [0.3, 0.4) is 0 Å². The number of hydrogen-bond acceptors (Lipinski definition) is 10. The lowest BCUT2D eigenvalue weighted by Crippen LogP contribution is -2.17.